The van der Waals surface area contributed by atoms with E-state index in [1.807, 2.05) is 24.3 Å². The maximum Gasteiger partial charge on any atom is 0.281 e. The molecule has 6 nitrogen and oxygen atoms in total. The molecule has 0 saturated heterocycles. The Morgan fingerprint density at radius 1 is 1.27 bits per heavy atom. The predicted molar refractivity (Wildman–Crippen MR) is 109 cm³/mol. The Bertz CT molecular complexity index is 1070. The lowest BCUT2D eigenvalue weighted by Crippen LogP contribution is -2.31. The van der Waals surface area contributed by atoms with Crippen LogP contribution in [0.4, 0.5) is 4.39 Å². The summed E-state index contributed by atoms with van der Waals surface area (Å²) in [6, 6.07) is 14.3. The smallest absolute Gasteiger partial charge is 0.281 e. The van der Waals surface area contributed by atoms with Crippen LogP contribution in [0.25, 0.3) is 0 Å². The molecular formula is C22H18ClFN2O4. The quantitative estimate of drug-likeness (QED) is 0.563. The first-order valence-electron chi connectivity index (χ1n) is 9.20. The average molecular weight is 429 g/mol. The monoisotopic (exact) mass is 428 g/mol. The van der Waals surface area contributed by atoms with Gasteiger partial charge in [0.15, 0.2) is 6.61 Å². The zero-order valence-corrected chi connectivity index (χ0v) is 16.8. The fourth-order valence-electron chi connectivity index (χ4n) is 3.20. The maximum absolute atomic E-state index is 13.2. The van der Waals surface area contributed by atoms with Gasteiger partial charge in [0.1, 0.15) is 29.1 Å². The summed E-state index contributed by atoms with van der Waals surface area (Å²) in [6.45, 7) is -0.304. The average Bonchev–Trinajstić information content (AvgIpc) is 3.43. The highest BCUT2D eigenvalue weighted by Gasteiger charge is 2.35. The van der Waals surface area contributed by atoms with Crippen LogP contribution in [0.2, 0.25) is 5.02 Å². The van der Waals surface area contributed by atoms with Gasteiger partial charge in [0.05, 0.1) is 24.1 Å². The summed E-state index contributed by atoms with van der Waals surface area (Å²) in [5.41, 5.74) is 1.62. The summed E-state index contributed by atoms with van der Waals surface area (Å²) in [5.74, 6) is 0.720. The van der Waals surface area contributed by atoms with Gasteiger partial charge in [-0.25, -0.2) is 9.40 Å². The number of hydrogen-bond donors (Lipinski definition) is 0. The molecule has 0 unspecified atom stereocenters. The molecule has 2 heterocycles. The molecule has 30 heavy (non-hydrogen) atoms. The molecule has 0 radical (unpaired) electrons. The first-order chi connectivity index (χ1) is 14.5. The van der Waals surface area contributed by atoms with Crippen molar-refractivity contribution in [3.05, 3.63) is 83.0 Å². The molecule has 0 spiro atoms. The SMILES string of the molecule is COc1ccc(C2=NN(C(=O)COc3ccc(F)cc3Cl)[C@H](c3ccco3)C2)cc1. The summed E-state index contributed by atoms with van der Waals surface area (Å²) in [6.07, 6.45) is 2.04. The third kappa shape index (κ3) is 4.16. The van der Waals surface area contributed by atoms with Gasteiger partial charge in [0.25, 0.3) is 5.91 Å². The van der Waals surface area contributed by atoms with E-state index >= 15 is 0 Å². The van der Waals surface area contributed by atoms with Crippen LogP contribution in [-0.2, 0) is 4.79 Å². The Kier molecular flexibility index (Phi) is 5.72. The second-order valence-corrected chi connectivity index (χ2v) is 7.02. The van der Waals surface area contributed by atoms with Crippen LogP contribution < -0.4 is 9.47 Å². The van der Waals surface area contributed by atoms with Gasteiger partial charge in [-0.3, -0.25) is 4.79 Å². The van der Waals surface area contributed by atoms with Crippen molar-refractivity contribution in [1.82, 2.24) is 5.01 Å². The second kappa shape index (κ2) is 8.59. The molecule has 0 aliphatic carbocycles. The normalized spacial score (nSPS) is 15.8. The van der Waals surface area contributed by atoms with Crippen LogP contribution in [0, 0.1) is 5.82 Å². The van der Waals surface area contributed by atoms with Crippen molar-refractivity contribution in [2.45, 2.75) is 12.5 Å². The number of amides is 1. The van der Waals surface area contributed by atoms with Gasteiger partial charge in [-0.2, -0.15) is 5.10 Å². The number of carbonyl (C=O) groups excluding carboxylic acids is 1. The van der Waals surface area contributed by atoms with Crippen LogP contribution >= 0.6 is 11.6 Å². The number of carbonyl (C=O) groups is 1. The maximum atomic E-state index is 13.2. The van der Waals surface area contributed by atoms with E-state index < -0.39 is 11.9 Å². The van der Waals surface area contributed by atoms with Crippen molar-refractivity contribution in [3.63, 3.8) is 0 Å². The standard InChI is InChI=1S/C22H18ClFN2O4/c1-28-16-7-4-14(5-8-16)18-12-19(21-3-2-10-29-21)26(25-18)22(27)13-30-20-9-6-15(24)11-17(20)23/h2-11,19H,12-13H2,1H3/t19-/m0/s1. The fourth-order valence-corrected chi connectivity index (χ4v) is 3.42. The second-order valence-electron chi connectivity index (χ2n) is 6.61. The highest BCUT2D eigenvalue weighted by molar-refractivity contribution is 6.32. The van der Waals surface area contributed by atoms with Crippen molar-refractivity contribution < 1.29 is 23.1 Å². The Labute approximate surface area is 177 Å². The van der Waals surface area contributed by atoms with E-state index in [9.17, 15) is 9.18 Å². The van der Waals surface area contributed by atoms with Gasteiger partial charge in [-0.1, -0.05) is 11.6 Å². The predicted octanol–water partition coefficient (Wildman–Crippen LogP) is 4.84. The van der Waals surface area contributed by atoms with Gasteiger partial charge in [-0.05, 0) is 60.2 Å². The Balaban J connectivity index is 1.55. The minimum absolute atomic E-state index is 0.0919. The lowest BCUT2D eigenvalue weighted by Gasteiger charge is -2.20. The summed E-state index contributed by atoms with van der Waals surface area (Å²) < 4.78 is 29.4. The molecule has 2 aromatic carbocycles. The third-order valence-electron chi connectivity index (χ3n) is 4.71. The Morgan fingerprint density at radius 3 is 2.73 bits per heavy atom. The molecule has 3 aromatic rings. The number of hydrogen-bond acceptors (Lipinski definition) is 5. The number of rotatable bonds is 6. The van der Waals surface area contributed by atoms with Crippen LogP contribution in [0.3, 0.4) is 0 Å². The minimum atomic E-state index is -0.482. The van der Waals surface area contributed by atoms with E-state index in [4.69, 9.17) is 25.5 Å². The summed E-state index contributed by atoms with van der Waals surface area (Å²) >= 11 is 5.97. The molecule has 154 valence electrons. The minimum Gasteiger partial charge on any atom is -0.497 e. The first-order valence-corrected chi connectivity index (χ1v) is 9.58. The van der Waals surface area contributed by atoms with Crippen LogP contribution in [-0.4, -0.2) is 30.3 Å². The molecule has 1 amide bonds. The van der Waals surface area contributed by atoms with Crippen molar-refractivity contribution in [2.24, 2.45) is 5.10 Å². The highest BCUT2D eigenvalue weighted by Crippen LogP contribution is 2.33. The number of furan rings is 1. The van der Waals surface area contributed by atoms with E-state index in [1.165, 1.54) is 17.1 Å². The molecular weight excluding hydrogens is 411 g/mol. The summed E-state index contributed by atoms with van der Waals surface area (Å²) in [5, 5.41) is 5.98. The van der Waals surface area contributed by atoms with Gasteiger partial charge in [0.2, 0.25) is 0 Å². The largest absolute Gasteiger partial charge is 0.497 e. The number of nitrogens with zero attached hydrogens (tertiary/aromatic N) is 2. The van der Waals surface area contributed by atoms with Crippen LogP contribution in [0.15, 0.2) is 70.4 Å². The number of benzene rings is 2. The number of ether oxygens (including phenoxy) is 2. The molecule has 0 fully saturated rings. The zero-order valence-electron chi connectivity index (χ0n) is 16.0. The third-order valence-corrected chi connectivity index (χ3v) is 5.00. The highest BCUT2D eigenvalue weighted by atomic mass is 35.5. The Morgan fingerprint density at radius 2 is 2.07 bits per heavy atom. The van der Waals surface area contributed by atoms with E-state index in [1.54, 1.807) is 25.5 Å². The number of halogens is 2. The molecule has 1 aliphatic rings. The lowest BCUT2D eigenvalue weighted by molar-refractivity contribution is -0.135. The van der Waals surface area contributed by atoms with E-state index in [2.05, 4.69) is 5.10 Å². The lowest BCUT2D eigenvalue weighted by atomic mass is 10.0. The zero-order chi connectivity index (χ0) is 21.1. The van der Waals surface area contributed by atoms with Crippen LogP contribution in [0.1, 0.15) is 23.8 Å². The molecule has 1 aliphatic heterocycles. The Hall–Kier alpha value is -3.32. The molecule has 1 atom stereocenters. The van der Waals surface area contributed by atoms with Gasteiger partial charge < -0.3 is 13.9 Å². The molecule has 0 bridgehead atoms. The van der Waals surface area contributed by atoms with Crippen LogP contribution in [0.5, 0.6) is 11.5 Å². The summed E-state index contributed by atoms with van der Waals surface area (Å²) in [7, 11) is 1.60. The molecule has 0 N–H and O–H groups in total. The van der Waals surface area contributed by atoms with Gasteiger partial charge >= 0.3 is 0 Å². The van der Waals surface area contributed by atoms with Crippen molar-refractivity contribution >= 4 is 23.2 Å². The summed E-state index contributed by atoms with van der Waals surface area (Å²) in [4.78, 5) is 12.9. The van der Waals surface area contributed by atoms with Crippen molar-refractivity contribution in [2.75, 3.05) is 13.7 Å². The number of hydrazone groups is 1. The van der Waals surface area contributed by atoms with E-state index in [-0.39, 0.29) is 23.3 Å². The van der Waals surface area contributed by atoms with Gasteiger partial charge in [-0.15, -0.1) is 0 Å². The van der Waals surface area contributed by atoms with E-state index in [0.29, 0.717) is 12.2 Å². The molecule has 0 saturated carbocycles. The van der Waals surface area contributed by atoms with Crippen molar-refractivity contribution in [1.29, 1.82) is 0 Å². The number of methoxy groups -OCH3 is 1. The topological polar surface area (TPSA) is 64.3 Å². The first kappa shape index (κ1) is 20.0. The van der Waals surface area contributed by atoms with Crippen molar-refractivity contribution in [3.8, 4) is 11.5 Å². The molecule has 8 heteroatoms. The molecule has 1 aromatic heterocycles. The van der Waals surface area contributed by atoms with E-state index in [0.717, 1.165) is 23.1 Å². The molecule has 4 rings (SSSR count). The fraction of sp³-hybridized carbons (Fsp3) is 0.182. The van der Waals surface area contributed by atoms with Gasteiger partial charge in [0, 0.05) is 6.42 Å².